The summed E-state index contributed by atoms with van der Waals surface area (Å²) < 4.78 is 27.1. The minimum absolute atomic E-state index is 0.341. The minimum atomic E-state index is -1.30. The van der Waals surface area contributed by atoms with Gasteiger partial charge in [0.2, 0.25) is 0 Å². The molecule has 0 spiro atoms. The summed E-state index contributed by atoms with van der Waals surface area (Å²) in [7, 11) is -1.30. The van der Waals surface area contributed by atoms with E-state index < -0.39 is 11.0 Å². The van der Waals surface area contributed by atoms with E-state index in [1.165, 1.54) is 12.1 Å². The first-order valence-electron chi connectivity index (χ1n) is 5.28. The van der Waals surface area contributed by atoms with Crippen molar-refractivity contribution < 1.29 is 8.60 Å². The summed E-state index contributed by atoms with van der Waals surface area (Å²) in [5, 5.41) is 0. The van der Waals surface area contributed by atoms with Crippen LogP contribution in [0.25, 0.3) is 0 Å². The Bertz CT molecular complexity index is 585. The number of hydrogen-bond donors (Lipinski definition) is 0. The minimum Gasteiger partial charge on any atom is -0.283 e. The first-order chi connectivity index (χ1) is 8.25. The highest BCUT2D eigenvalue weighted by molar-refractivity contribution is 7.86. The van der Waals surface area contributed by atoms with E-state index in [0.29, 0.717) is 11.4 Å². The highest BCUT2D eigenvalue weighted by Gasteiger charge is 2.27. The molecule has 0 amide bonds. The van der Waals surface area contributed by atoms with E-state index in [1.807, 2.05) is 30.3 Å². The number of fused-ring (bicyclic) bond motifs is 1. The third-order valence-corrected chi connectivity index (χ3v) is 4.27. The Kier molecular flexibility index (Phi) is 2.44. The van der Waals surface area contributed by atoms with Crippen molar-refractivity contribution in [3.05, 3.63) is 59.9 Å². The summed E-state index contributed by atoms with van der Waals surface area (Å²) in [4.78, 5) is 0.578. The van der Waals surface area contributed by atoms with Crippen LogP contribution in [0.15, 0.2) is 53.4 Å². The van der Waals surface area contributed by atoms with Crippen LogP contribution in [0.5, 0.6) is 0 Å². The van der Waals surface area contributed by atoms with E-state index in [4.69, 9.17) is 0 Å². The van der Waals surface area contributed by atoms with Crippen molar-refractivity contribution in [2.24, 2.45) is 0 Å². The van der Waals surface area contributed by atoms with Crippen LogP contribution in [0, 0.1) is 5.82 Å². The Morgan fingerprint density at radius 3 is 2.65 bits per heavy atom. The highest BCUT2D eigenvalue weighted by Crippen LogP contribution is 2.31. The van der Waals surface area contributed by atoms with Gasteiger partial charge in [0.05, 0.1) is 11.4 Å². The number of para-hydroxylation sites is 1. The first kappa shape index (κ1) is 10.5. The molecule has 1 atom stereocenters. The fourth-order valence-electron chi connectivity index (χ4n) is 1.93. The number of rotatable bonds is 1. The standard InChI is InChI=1S/C13H10FNOS/c14-11-7-6-10-9-15(17(16)13(10)8-11)12-4-2-1-3-5-12/h1-8H,9H2. The fourth-order valence-corrected chi connectivity index (χ4v) is 3.31. The van der Waals surface area contributed by atoms with E-state index in [2.05, 4.69) is 0 Å². The fraction of sp³-hybridized carbons (Fsp3) is 0.0769. The van der Waals surface area contributed by atoms with Gasteiger partial charge in [-0.15, -0.1) is 0 Å². The SMILES string of the molecule is O=S1c2cc(F)ccc2CN1c1ccccc1. The maximum Gasteiger partial charge on any atom is 0.153 e. The average molecular weight is 247 g/mol. The molecule has 3 rings (SSSR count). The molecule has 1 aliphatic rings. The second-order valence-electron chi connectivity index (χ2n) is 3.87. The monoisotopic (exact) mass is 247 g/mol. The van der Waals surface area contributed by atoms with Gasteiger partial charge in [0.25, 0.3) is 0 Å². The van der Waals surface area contributed by atoms with Crippen molar-refractivity contribution in [1.29, 1.82) is 0 Å². The molecule has 0 radical (unpaired) electrons. The topological polar surface area (TPSA) is 20.3 Å². The van der Waals surface area contributed by atoms with E-state index in [1.54, 1.807) is 10.4 Å². The van der Waals surface area contributed by atoms with Gasteiger partial charge in [-0.05, 0) is 29.8 Å². The van der Waals surface area contributed by atoms with Gasteiger partial charge in [-0.2, -0.15) is 0 Å². The molecule has 0 bridgehead atoms. The number of halogens is 1. The average Bonchev–Trinajstić information content (AvgIpc) is 2.68. The van der Waals surface area contributed by atoms with Crippen LogP contribution in [-0.4, -0.2) is 4.21 Å². The molecule has 1 unspecified atom stereocenters. The van der Waals surface area contributed by atoms with Crippen molar-refractivity contribution >= 4 is 16.7 Å². The van der Waals surface area contributed by atoms with Crippen LogP contribution in [-0.2, 0) is 17.5 Å². The molecule has 0 saturated carbocycles. The van der Waals surface area contributed by atoms with Gasteiger partial charge < -0.3 is 0 Å². The number of hydrogen-bond acceptors (Lipinski definition) is 1. The van der Waals surface area contributed by atoms with Crippen molar-refractivity contribution in [1.82, 2.24) is 0 Å². The zero-order valence-electron chi connectivity index (χ0n) is 8.97. The van der Waals surface area contributed by atoms with E-state index in [0.717, 1.165) is 11.3 Å². The zero-order chi connectivity index (χ0) is 11.8. The summed E-state index contributed by atoms with van der Waals surface area (Å²) in [5.74, 6) is -0.341. The normalized spacial score (nSPS) is 18.2. The number of anilines is 1. The maximum absolute atomic E-state index is 13.1. The molecular weight excluding hydrogens is 237 g/mol. The Morgan fingerprint density at radius 2 is 1.88 bits per heavy atom. The largest absolute Gasteiger partial charge is 0.283 e. The Hall–Kier alpha value is -1.68. The van der Waals surface area contributed by atoms with Crippen LogP contribution in [0.4, 0.5) is 10.1 Å². The Labute approximate surface area is 101 Å². The van der Waals surface area contributed by atoms with Crippen molar-refractivity contribution in [2.75, 3.05) is 4.31 Å². The lowest BCUT2D eigenvalue weighted by atomic mass is 10.2. The van der Waals surface area contributed by atoms with Gasteiger partial charge in [-0.1, -0.05) is 24.3 Å². The summed E-state index contributed by atoms with van der Waals surface area (Å²) in [6.45, 7) is 0.562. The molecule has 4 heteroatoms. The molecule has 0 aliphatic carbocycles. The predicted molar refractivity (Wildman–Crippen MR) is 65.4 cm³/mol. The van der Waals surface area contributed by atoms with Crippen LogP contribution in [0.2, 0.25) is 0 Å². The third kappa shape index (κ3) is 1.74. The van der Waals surface area contributed by atoms with Gasteiger partial charge >= 0.3 is 0 Å². The molecule has 0 saturated heterocycles. The molecule has 86 valence electrons. The molecular formula is C13H10FNOS. The lowest BCUT2D eigenvalue weighted by Gasteiger charge is -2.15. The lowest BCUT2D eigenvalue weighted by Crippen LogP contribution is -2.17. The van der Waals surface area contributed by atoms with E-state index >= 15 is 0 Å². The molecule has 17 heavy (non-hydrogen) atoms. The van der Waals surface area contributed by atoms with Gasteiger partial charge in [0.1, 0.15) is 5.82 Å². The first-order valence-corrected chi connectivity index (χ1v) is 6.39. The van der Waals surface area contributed by atoms with E-state index in [-0.39, 0.29) is 5.82 Å². The maximum atomic E-state index is 13.1. The van der Waals surface area contributed by atoms with Gasteiger partial charge in [0, 0.05) is 5.69 Å². The van der Waals surface area contributed by atoms with Gasteiger partial charge in [-0.3, -0.25) is 4.31 Å². The van der Waals surface area contributed by atoms with Crippen LogP contribution < -0.4 is 4.31 Å². The van der Waals surface area contributed by atoms with Crippen molar-refractivity contribution in [3.63, 3.8) is 0 Å². The van der Waals surface area contributed by atoms with E-state index in [9.17, 15) is 8.60 Å². The van der Waals surface area contributed by atoms with Crippen molar-refractivity contribution in [2.45, 2.75) is 11.4 Å². The molecule has 1 aliphatic heterocycles. The predicted octanol–water partition coefficient (Wildman–Crippen LogP) is 2.87. The second-order valence-corrected chi connectivity index (χ2v) is 5.25. The zero-order valence-corrected chi connectivity index (χ0v) is 9.78. The highest BCUT2D eigenvalue weighted by atomic mass is 32.2. The molecule has 0 aromatic heterocycles. The molecule has 0 N–H and O–H groups in total. The van der Waals surface area contributed by atoms with Crippen LogP contribution >= 0.6 is 0 Å². The molecule has 2 nitrogen and oxygen atoms in total. The Balaban J connectivity index is 2.02. The summed E-state index contributed by atoms with van der Waals surface area (Å²) >= 11 is 0. The summed E-state index contributed by atoms with van der Waals surface area (Å²) in [6.07, 6.45) is 0. The molecule has 2 aromatic rings. The molecule has 1 heterocycles. The van der Waals surface area contributed by atoms with Crippen molar-refractivity contribution in [3.8, 4) is 0 Å². The van der Waals surface area contributed by atoms with Gasteiger partial charge in [-0.25, -0.2) is 8.60 Å². The molecule has 0 fully saturated rings. The lowest BCUT2D eigenvalue weighted by molar-refractivity contribution is 0.622. The summed E-state index contributed by atoms with van der Waals surface area (Å²) in [5.41, 5.74) is 1.82. The van der Waals surface area contributed by atoms with Gasteiger partial charge in [0.15, 0.2) is 11.0 Å². The van der Waals surface area contributed by atoms with Crippen LogP contribution in [0.1, 0.15) is 5.56 Å². The number of benzene rings is 2. The second kappa shape index (κ2) is 3.96. The molecule has 2 aromatic carbocycles. The van der Waals surface area contributed by atoms with Crippen LogP contribution in [0.3, 0.4) is 0 Å². The smallest absolute Gasteiger partial charge is 0.153 e. The quantitative estimate of drug-likeness (QED) is 0.758. The number of nitrogens with zero attached hydrogens (tertiary/aromatic N) is 1. The Morgan fingerprint density at radius 1 is 1.12 bits per heavy atom. The summed E-state index contributed by atoms with van der Waals surface area (Å²) in [6, 6.07) is 14.0. The third-order valence-electron chi connectivity index (χ3n) is 2.78.